The molecule has 2 rings (SSSR count). The van der Waals surface area contributed by atoms with Gasteiger partial charge < -0.3 is 15.2 Å². The highest BCUT2D eigenvalue weighted by Gasteiger charge is 2.13. The van der Waals surface area contributed by atoms with Gasteiger partial charge in [-0.2, -0.15) is 0 Å². The predicted molar refractivity (Wildman–Crippen MR) is 68.6 cm³/mol. The number of methoxy groups -OCH3 is 1. The van der Waals surface area contributed by atoms with Crippen LogP contribution in [0.5, 0.6) is 11.5 Å². The van der Waals surface area contributed by atoms with Gasteiger partial charge in [-0.25, -0.2) is 4.79 Å². The van der Waals surface area contributed by atoms with E-state index in [0.29, 0.717) is 11.5 Å². The molecular weight excluding hydrogens is 230 g/mol. The van der Waals surface area contributed by atoms with Crippen LogP contribution < -0.4 is 15.2 Å². The summed E-state index contributed by atoms with van der Waals surface area (Å²) in [5.41, 5.74) is 6.84. The van der Waals surface area contributed by atoms with Crippen molar-refractivity contribution in [2.24, 2.45) is 5.73 Å². The fourth-order valence-electron chi connectivity index (χ4n) is 1.76. The Balaban J connectivity index is 2.51. The van der Waals surface area contributed by atoms with Gasteiger partial charge in [0.05, 0.1) is 7.11 Å². The molecule has 0 unspecified atom stereocenters. The van der Waals surface area contributed by atoms with Crippen LogP contribution in [0.2, 0.25) is 0 Å². The van der Waals surface area contributed by atoms with E-state index in [4.69, 9.17) is 15.2 Å². The third kappa shape index (κ3) is 2.43. The van der Waals surface area contributed by atoms with Gasteiger partial charge in [0.2, 0.25) is 0 Å². The minimum atomic E-state index is -0.862. The Morgan fingerprint density at radius 1 is 1.06 bits per heavy atom. The quantitative estimate of drug-likeness (QED) is 0.901. The smallest absolute Gasteiger partial charge is 0.410 e. The zero-order valence-corrected chi connectivity index (χ0v) is 9.92. The van der Waals surface area contributed by atoms with E-state index in [9.17, 15) is 4.79 Å². The summed E-state index contributed by atoms with van der Waals surface area (Å²) in [6.07, 6.45) is -0.862. The van der Waals surface area contributed by atoms with Crippen molar-refractivity contribution < 1.29 is 14.3 Å². The van der Waals surface area contributed by atoms with Crippen LogP contribution in [0.3, 0.4) is 0 Å². The fourth-order valence-corrected chi connectivity index (χ4v) is 1.76. The van der Waals surface area contributed by atoms with Crippen LogP contribution in [0.1, 0.15) is 0 Å². The molecule has 0 saturated carbocycles. The molecule has 0 aliphatic carbocycles. The van der Waals surface area contributed by atoms with Crippen molar-refractivity contribution in [2.45, 2.75) is 0 Å². The number of amides is 1. The molecule has 92 valence electrons. The van der Waals surface area contributed by atoms with E-state index in [2.05, 4.69) is 0 Å². The molecule has 0 spiro atoms. The van der Waals surface area contributed by atoms with Gasteiger partial charge >= 0.3 is 6.09 Å². The molecule has 0 saturated heterocycles. The van der Waals surface area contributed by atoms with E-state index in [1.165, 1.54) is 7.11 Å². The van der Waals surface area contributed by atoms with E-state index in [1.54, 1.807) is 12.1 Å². The molecule has 0 aliphatic rings. The molecule has 2 aromatic carbocycles. The summed E-state index contributed by atoms with van der Waals surface area (Å²) >= 11 is 0. The second-order valence-electron chi connectivity index (χ2n) is 3.62. The van der Waals surface area contributed by atoms with Gasteiger partial charge in [0.25, 0.3) is 0 Å². The maximum Gasteiger partial charge on any atom is 0.410 e. The number of hydrogen-bond acceptors (Lipinski definition) is 3. The summed E-state index contributed by atoms with van der Waals surface area (Å²) in [5.74, 6) is 0.800. The van der Waals surface area contributed by atoms with Crippen LogP contribution in [0.4, 0.5) is 4.79 Å². The van der Waals surface area contributed by atoms with E-state index in [-0.39, 0.29) is 0 Å². The second kappa shape index (κ2) is 5.23. The van der Waals surface area contributed by atoms with Crippen LogP contribution in [-0.2, 0) is 0 Å². The Morgan fingerprint density at radius 2 is 1.78 bits per heavy atom. The van der Waals surface area contributed by atoms with E-state index >= 15 is 0 Å². The van der Waals surface area contributed by atoms with Crippen molar-refractivity contribution in [1.29, 1.82) is 0 Å². The maximum atomic E-state index is 10.8. The average Bonchev–Trinajstić information content (AvgIpc) is 2.39. The average molecular weight is 243 g/mol. The Hall–Kier alpha value is -2.49. The second-order valence-corrected chi connectivity index (χ2v) is 3.62. The maximum absolute atomic E-state index is 10.8. The van der Waals surface area contributed by atoms with Crippen molar-refractivity contribution in [3.8, 4) is 22.6 Å². The molecule has 0 fully saturated rings. The number of nitrogens with two attached hydrogens (primary N) is 1. The van der Waals surface area contributed by atoms with Crippen molar-refractivity contribution in [1.82, 2.24) is 0 Å². The molecule has 0 aromatic heterocycles. The Labute approximate surface area is 105 Å². The van der Waals surface area contributed by atoms with Crippen LogP contribution in [0.15, 0.2) is 48.5 Å². The number of rotatable bonds is 3. The van der Waals surface area contributed by atoms with Gasteiger partial charge in [-0.05, 0) is 11.6 Å². The van der Waals surface area contributed by atoms with Gasteiger partial charge in [0, 0.05) is 5.56 Å². The number of ether oxygens (including phenoxy) is 2. The van der Waals surface area contributed by atoms with Crippen molar-refractivity contribution in [3.63, 3.8) is 0 Å². The van der Waals surface area contributed by atoms with Crippen molar-refractivity contribution in [2.75, 3.05) is 7.11 Å². The molecule has 1 amide bonds. The Kier molecular flexibility index (Phi) is 3.48. The van der Waals surface area contributed by atoms with Gasteiger partial charge in [-0.1, -0.05) is 42.5 Å². The van der Waals surface area contributed by atoms with Gasteiger partial charge in [0.15, 0.2) is 11.5 Å². The minimum Gasteiger partial charge on any atom is -0.492 e. The lowest BCUT2D eigenvalue weighted by atomic mass is 10.0. The first-order chi connectivity index (χ1) is 8.72. The van der Waals surface area contributed by atoms with Crippen molar-refractivity contribution >= 4 is 6.09 Å². The number of hydrogen-bond donors (Lipinski definition) is 1. The lowest BCUT2D eigenvalue weighted by molar-refractivity contribution is 0.209. The summed E-state index contributed by atoms with van der Waals surface area (Å²) in [4.78, 5) is 10.8. The largest absolute Gasteiger partial charge is 0.492 e. The number of para-hydroxylation sites is 1. The fraction of sp³-hybridized carbons (Fsp3) is 0.0714. The molecule has 4 nitrogen and oxygen atoms in total. The normalized spacial score (nSPS) is 9.83. The molecule has 0 heterocycles. The van der Waals surface area contributed by atoms with Crippen LogP contribution in [0.25, 0.3) is 11.1 Å². The summed E-state index contributed by atoms with van der Waals surface area (Å²) in [6, 6.07) is 15.0. The highest BCUT2D eigenvalue weighted by molar-refractivity contribution is 5.76. The topological polar surface area (TPSA) is 61.6 Å². The molecule has 0 aliphatic heterocycles. The zero-order chi connectivity index (χ0) is 13.0. The van der Waals surface area contributed by atoms with Crippen LogP contribution in [-0.4, -0.2) is 13.2 Å². The molecule has 2 N–H and O–H groups in total. The third-order valence-electron chi connectivity index (χ3n) is 2.48. The monoisotopic (exact) mass is 243 g/mol. The van der Waals surface area contributed by atoms with Gasteiger partial charge in [-0.15, -0.1) is 0 Å². The van der Waals surface area contributed by atoms with Gasteiger partial charge in [-0.3, -0.25) is 0 Å². The minimum absolute atomic E-state index is 0.311. The summed E-state index contributed by atoms with van der Waals surface area (Å²) in [7, 11) is 1.52. The Bertz CT molecular complexity index is 552. The number of carbonyl (C=O) groups excluding carboxylic acids is 1. The van der Waals surface area contributed by atoms with Crippen LogP contribution >= 0.6 is 0 Å². The van der Waals surface area contributed by atoms with E-state index < -0.39 is 6.09 Å². The number of benzene rings is 2. The molecular formula is C14H13NO3. The number of carbonyl (C=O) groups is 1. The highest BCUT2D eigenvalue weighted by Crippen LogP contribution is 2.37. The predicted octanol–water partition coefficient (Wildman–Crippen LogP) is 2.82. The first-order valence-corrected chi connectivity index (χ1v) is 5.42. The molecule has 2 aromatic rings. The summed E-state index contributed by atoms with van der Waals surface area (Å²) in [6.45, 7) is 0. The molecule has 4 heteroatoms. The lowest BCUT2D eigenvalue weighted by Gasteiger charge is -2.12. The Morgan fingerprint density at radius 3 is 2.39 bits per heavy atom. The van der Waals surface area contributed by atoms with Gasteiger partial charge in [0.1, 0.15) is 0 Å². The first-order valence-electron chi connectivity index (χ1n) is 5.42. The summed E-state index contributed by atoms with van der Waals surface area (Å²) < 4.78 is 10.2. The first kappa shape index (κ1) is 12.0. The molecule has 0 atom stereocenters. The molecule has 0 radical (unpaired) electrons. The summed E-state index contributed by atoms with van der Waals surface area (Å²) in [5, 5.41) is 0. The van der Waals surface area contributed by atoms with E-state index in [0.717, 1.165) is 11.1 Å². The SMILES string of the molecule is COc1c(OC(N)=O)cccc1-c1ccccc1. The molecule has 18 heavy (non-hydrogen) atoms. The zero-order valence-electron chi connectivity index (χ0n) is 9.92. The van der Waals surface area contributed by atoms with Crippen LogP contribution in [0, 0.1) is 0 Å². The highest BCUT2D eigenvalue weighted by atomic mass is 16.6. The molecule has 0 bridgehead atoms. The van der Waals surface area contributed by atoms with E-state index in [1.807, 2.05) is 36.4 Å². The standard InChI is InChI=1S/C14H13NO3/c1-17-13-11(10-6-3-2-4-7-10)8-5-9-12(13)18-14(15)16/h2-9H,1H3,(H2,15,16). The lowest BCUT2D eigenvalue weighted by Crippen LogP contribution is -2.16. The van der Waals surface area contributed by atoms with Crippen molar-refractivity contribution in [3.05, 3.63) is 48.5 Å². The number of primary amides is 1. The third-order valence-corrected chi connectivity index (χ3v) is 2.48.